The van der Waals surface area contributed by atoms with Crippen molar-refractivity contribution in [2.45, 2.75) is 13.5 Å². The number of benzene rings is 1. The zero-order valence-electron chi connectivity index (χ0n) is 9.05. The highest BCUT2D eigenvalue weighted by Gasteiger charge is 2.02. The number of hydrogen-bond donors (Lipinski definition) is 1. The van der Waals surface area contributed by atoms with E-state index in [0.29, 0.717) is 0 Å². The minimum Gasteiger partial charge on any atom is -0.392 e. The van der Waals surface area contributed by atoms with Gasteiger partial charge in [-0.1, -0.05) is 18.2 Å². The molecule has 82 valence electrons. The van der Waals surface area contributed by atoms with Crippen LogP contribution in [-0.4, -0.2) is 9.67 Å². The van der Waals surface area contributed by atoms with Crippen LogP contribution in [0.15, 0.2) is 47.3 Å². The van der Waals surface area contributed by atoms with Crippen molar-refractivity contribution in [2.75, 3.05) is 0 Å². The fourth-order valence-corrected chi connectivity index (χ4v) is 1.72. The molecule has 0 radical (unpaired) electrons. The minimum absolute atomic E-state index is 0.0194. The first-order valence-electron chi connectivity index (χ1n) is 5.11. The second-order valence-electron chi connectivity index (χ2n) is 3.67. The summed E-state index contributed by atoms with van der Waals surface area (Å²) in [5.41, 5.74) is 2.40. The average molecular weight is 215 g/mol. The Bertz CT molecular complexity index is 558. The highest BCUT2D eigenvalue weighted by atomic mass is 16.3. The fourth-order valence-electron chi connectivity index (χ4n) is 1.72. The van der Waals surface area contributed by atoms with Crippen LogP contribution in [0.5, 0.6) is 0 Å². The molecule has 1 aromatic heterocycles. The highest BCUT2D eigenvalue weighted by molar-refractivity contribution is 5.37. The van der Waals surface area contributed by atoms with Crippen LogP contribution in [0, 0.1) is 6.92 Å². The SMILES string of the molecule is Cc1cccc(=O)n1-c1cccc(CO)c1. The lowest BCUT2D eigenvalue weighted by Gasteiger charge is -2.10. The summed E-state index contributed by atoms with van der Waals surface area (Å²) in [5, 5.41) is 9.06. The van der Waals surface area contributed by atoms with Gasteiger partial charge < -0.3 is 5.11 Å². The Morgan fingerprint density at radius 2 is 1.94 bits per heavy atom. The van der Waals surface area contributed by atoms with Crippen molar-refractivity contribution in [2.24, 2.45) is 0 Å². The van der Waals surface area contributed by atoms with Crippen molar-refractivity contribution in [1.29, 1.82) is 0 Å². The summed E-state index contributed by atoms with van der Waals surface area (Å²) in [4.78, 5) is 11.7. The first kappa shape index (κ1) is 10.6. The molecular weight excluding hydrogens is 202 g/mol. The molecule has 2 rings (SSSR count). The number of aliphatic hydroxyl groups excluding tert-OH is 1. The Morgan fingerprint density at radius 3 is 2.62 bits per heavy atom. The van der Waals surface area contributed by atoms with Gasteiger partial charge in [0.05, 0.1) is 6.61 Å². The monoisotopic (exact) mass is 215 g/mol. The van der Waals surface area contributed by atoms with Crippen molar-refractivity contribution >= 4 is 0 Å². The average Bonchev–Trinajstić information content (AvgIpc) is 2.29. The number of aryl methyl sites for hydroxylation is 1. The standard InChI is InChI=1S/C13H13NO2/c1-10-4-2-7-13(16)14(10)12-6-3-5-11(8-12)9-15/h2-8,15H,9H2,1H3. The fraction of sp³-hybridized carbons (Fsp3) is 0.154. The summed E-state index contributed by atoms with van der Waals surface area (Å²) < 4.78 is 1.62. The maximum atomic E-state index is 11.7. The molecule has 0 fully saturated rings. The van der Waals surface area contributed by atoms with Crippen molar-refractivity contribution in [3.8, 4) is 5.69 Å². The third-order valence-corrected chi connectivity index (χ3v) is 2.50. The van der Waals surface area contributed by atoms with Crippen molar-refractivity contribution in [1.82, 2.24) is 4.57 Å². The van der Waals surface area contributed by atoms with Gasteiger partial charge in [-0.25, -0.2) is 0 Å². The maximum Gasteiger partial charge on any atom is 0.255 e. The first-order chi connectivity index (χ1) is 7.72. The van der Waals surface area contributed by atoms with Crippen molar-refractivity contribution in [3.05, 3.63) is 64.1 Å². The van der Waals surface area contributed by atoms with Crippen LogP contribution in [0.4, 0.5) is 0 Å². The number of rotatable bonds is 2. The molecule has 0 spiro atoms. The summed E-state index contributed by atoms with van der Waals surface area (Å²) in [5.74, 6) is 0. The molecule has 1 heterocycles. The van der Waals surface area contributed by atoms with Gasteiger partial charge in [0, 0.05) is 17.4 Å². The number of hydrogen-bond acceptors (Lipinski definition) is 2. The van der Waals surface area contributed by atoms with Crippen LogP contribution in [0.25, 0.3) is 5.69 Å². The van der Waals surface area contributed by atoms with E-state index in [1.165, 1.54) is 6.07 Å². The Kier molecular flexibility index (Phi) is 2.88. The van der Waals surface area contributed by atoms with Crippen LogP contribution in [0.3, 0.4) is 0 Å². The Balaban J connectivity index is 2.63. The molecule has 0 saturated carbocycles. The van der Waals surface area contributed by atoms with E-state index >= 15 is 0 Å². The lowest BCUT2D eigenvalue weighted by Crippen LogP contribution is -2.18. The van der Waals surface area contributed by atoms with Crippen LogP contribution in [0.1, 0.15) is 11.3 Å². The molecular formula is C13H13NO2. The van der Waals surface area contributed by atoms with Crippen LogP contribution < -0.4 is 5.56 Å². The van der Waals surface area contributed by atoms with Gasteiger partial charge in [-0.05, 0) is 30.7 Å². The van der Waals surface area contributed by atoms with Gasteiger partial charge in [0.1, 0.15) is 0 Å². The zero-order valence-corrected chi connectivity index (χ0v) is 9.05. The lowest BCUT2D eigenvalue weighted by atomic mass is 10.2. The van der Waals surface area contributed by atoms with E-state index in [1.807, 2.05) is 37.3 Å². The van der Waals surface area contributed by atoms with Gasteiger partial charge in [-0.2, -0.15) is 0 Å². The molecule has 2 aromatic rings. The smallest absolute Gasteiger partial charge is 0.255 e. The highest BCUT2D eigenvalue weighted by Crippen LogP contribution is 2.10. The van der Waals surface area contributed by atoms with E-state index in [1.54, 1.807) is 10.6 Å². The molecule has 0 aliphatic heterocycles. The van der Waals surface area contributed by atoms with E-state index in [2.05, 4.69) is 0 Å². The largest absolute Gasteiger partial charge is 0.392 e. The topological polar surface area (TPSA) is 42.2 Å². The van der Waals surface area contributed by atoms with Crippen LogP contribution in [0.2, 0.25) is 0 Å². The Hall–Kier alpha value is -1.87. The van der Waals surface area contributed by atoms with Gasteiger partial charge in [-0.3, -0.25) is 9.36 Å². The number of aromatic nitrogens is 1. The van der Waals surface area contributed by atoms with Crippen LogP contribution >= 0.6 is 0 Å². The van der Waals surface area contributed by atoms with Gasteiger partial charge in [0.2, 0.25) is 0 Å². The molecule has 0 saturated heterocycles. The Morgan fingerprint density at radius 1 is 1.19 bits per heavy atom. The molecule has 16 heavy (non-hydrogen) atoms. The lowest BCUT2D eigenvalue weighted by molar-refractivity contribution is 0.282. The molecule has 1 N–H and O–H groups in total. The summed E-state index contributed by atoms with van der Waals surface area (Å²) in [6.07, 6.45) is 0. The molecule has 3 heteroatoms. The van der Waals surface area contributed by atoms with Crippen molar-refractivity contribution < 1.29 is 5.11 Å². The van der Waals surface area contributed by atoms with Gasteiger partial charge in [0.25, 0.3) is 5.56 Å². The number of nitrogens with zero attached hydrogens (tertiary/aromatic N) is 1. The van der Waals surface area contributed by atoms with Gasteiger partial charge in [-0.15, -0.1) is 0 Å². The maximum absolute atomic E-state index is 11.7. The summed E-state index contributed by atoms with van der Waals surface area (Å²) in [6, 6.07) is 12.5. The van der Waals surface area contributed by atoms with Crippen LogP contribution in [-0.2, 0) is 6.61 Å². The van der Waals surface area contributed by atoms with Gasteiger partial charge >= 0.3 is 0 Å². The van der Waals surface area contributed by atoms with E-state index in [-0.39, 0.29) is 12.2 Å². The molecule has 0 amide bonds. The quantitative estimate of drug-likeness (QED) is 0.827. The molecule has 0 atom stereocenters. The normalized spacial score (nSPS) is 10.4. The second kappa shape index (κ2) is 4.33. The number of pyridine rings is 1. The summed E-state index contributed by atoms with van der Waals surface area (Å²) in [6.45, 7) is 1.86. The first-order valence-corrected chi connectivity index (χ1v) is 5.11. The molecule has 0 unspecified atom stereocenters. The van der Waals surface area contributed by atoms with E-state index in [4.69, 9.17) is 5.11 Å². The van der Waals surface area contributed by atoms with E-state index < -0.39 is 0 Å². The number of aliphatic hydroxyl groups is 1. The zero-order chi connectivity index (χ0) is 11.5. The molecule has 0 aliphatic carbocycles. The second-order valence-corrected chi connectivity index (χ2v) is 3.67. The summed E-state index contributed by atoms with van der Waals surface area (Å²) >= 11 is 0. The third kappa shape index (κ3) is 1.90. The van der Waals surface area contributed by atoms with Crippen molar-refractivity contribution in [3.63, 3.8) is 0 Å². The molecule has 0 aliphatic rings. The molecule has 3 nitrogen and oxygen atoms in total. The van der Waals surface area contributed by atoms with E-state index in [9.17, 15) is 4.79 Å². The summed E-state index contributed by atoms with van der Waals surface area (Å²) in [7, 11) is 0. The predicted octanol–water partition coefficient (Wildman–Crippen LogP) is 1.64. The molecule has 0 bridgehead atoms. The minimum atomic E-state index is -0.0601. The van der Waals surface area contributed by atoms with E-state index in [0.717, 1.165) is 16.9 Å². The van der Waals surface area contributed by atoms with Gasteiger partial charge in [0.15, 0.2) is 0 Å². The Labute approximate surface area is 93.6 Å². The molecule has 1 aromatic carbocycles. The third-order valence-electron chi connectivity index (χ3n) is 2.50. The predicted molar refractivity (Wildman–Crippen MR) is 62.7 cm³/mol.